The summed E-state index contributed by atoms with van der Waals surface area (Å²) < 4.78 is 0. The number of ketones is 1. The molecule has 0 saturated heterocycles. The van der Waals surface area contributed by atoms with Gasteiger partial charge in [0.15, 0.2) is 5.78 Å². The molecule has 0 N–H and O–H groups in total. The topological polar surface area (TPSA) is 17.1 Å². The number of hydrogen-bond donors (Lipinski definition) is 0. The zero-order valence-corrected chi connectivity index (χ0v) is 11.6. The van der Waals surface area contributed by atoms with Crippen LogP contribution < -0.4 is 10.9 Å². The van der Waals surface area contributed by atoms with Gasteiger partial charge in [0.25, 0.3) is 0 Å². The van der Waals surface area contributed by atoms with E-state index in [4.69, 9.17) is 15.7 Å². The maximum absolute atomic E-state index is 11.7. The van der Waals surface area contributed by atoms with Crippen LogP contribution in [0.5, 0.6) is 0 Å². The lowest BCUT2D eigenvalue weighted by atomic mass is 9.73. The molecule has 0 aliphatic rings. The van der Waals surface area contributed by atoms with Gasteiger partial charge in [-0.05, 0) is 37.0 Å². The van der Waals surface area contributed by atoms with E-state index in [-0.39, 0.29) is 11.7 Å². The van der Waals surface area contributed by atoms with Crippen LogP contribution in [0.25, 0.3) is 0 Å². The standard InChI is InChI=1S/C15H18B2O/c1-5-6-12(18)7-11-8-13(16)10(4)15(17)14(11)9(2)3/h5-6,8-9H,7H2,1-4H3/b6-5-. The Hall–Kier alpha value is -1.24. The molecular formula is C15H18B2O. The normalized spacial score (nSPS) is 11.4. The lowest BCUT2D eigenvalue weighted by molar-refractivity contribution is -0.114. The predicted octanol–water partition coefficient (Wildman–Crippen LogP) is 1.39. The molecule has 0 bridgehead atoms. The van der Waals surface area contributed by atoms with Crippen LogP contribution in [0, 0.1) is 6.92 Å². The Labute approximate surface area is 112 Å². The fraction of sp³-hybridized carbons (Fsp3) is 0.400. The second-order valence-electron chi connectivity index (χ2n) is 4.88. The average Bonchev–Trinajstić information content (AvgIpc) is 2.25. The van der Waals surface area contributed by atoms with Crippen molar-refractivity contribution in [2.45, 2.75) is 40.0 Å². The highest BCUT2D eigenvalue weighted by atomic mass is 16.1. The van der Waals surface area contributed by atoms with Crippen LogP contribution in [0.3, 0.4) is 0 Å². The Morgan fingerprint density at radius 3 is 2.50 bits per heavy atom. The van der Waals surface area contributed by atoms with E-state index in [0.29, 0.717) is 17.3 Å². The number of hydrogen-bond acceptors (Lipinski definition) is 1. The van der Waals surface area contributed by atoms with Crippen molar-refractivity contribution >= 4 is 32.4 Å². The zero-order chi connectivity index (χ0) is 13.9. The Balaban J connectivity index is 3.29. The average molecular weight is 236 g/mol. The lowest BCUT2D eigenvalue weighted by Crippen LogP contribution is -2.27. The summed E-state index contributed by atoms with van der Waals surface area (Å²) in [7, 11) is 12.1. The summed E-state index contributed by atoms with van der Waals surface area (Å²) in [5, 5.41) is 0. The van der Waals surface area contributed by atoms with Gasteiger partial charge >= 0.3 is 0 Å². The molecule has 1 rings (SSSR count). The molecule has 0 aromatic heterocycles. The fourth-order valence-electron chi connectivity index (χ4n) is 2.16. The smallest absolute Gasteiger partial charge is 0.159 e. The van der Waals surface area contributed by atoms with E-state index in [0.717, 1.165) is 16.7 Å². The van der Waals surface area contributed by atoms with E-state index < -0.39 is 0 Å². The summed E-state index contributed by atoms with van der Waals surface area (Å²) in [4.78, 5) is 11.7. The minimum Gasteiger partial charge on any atom is -0.294 e. The highest BCUT2D eigenvalue weighted by Crippen LogP contribution is 2.18. The SMILES string of the molecule is [B]c1cc(CC(=O)/C=C\C)c(C(C)C)c([B])c1C. The number of rotatable bonds is 4. The molecule has 1 nitrogen and oxygen atoms in total. The van der Waals surface area contributed by atoms with Gasteiger partial charge in [0.05, 0.1) is 0 Å². The maximum Gasteiger partial charge on any atom is 0.159 e. The number of benzene rings is 1. The fourth-order valence-corrected chi connectivity index (χ4v) is 2.16. The van der Waals surface area contributed by atoms with Crippen LogP contribution in [0.2, 0.25) is 0 Å². The van der Waals surface area contributed by atoms with Gasteiger partial charge in [-0.1, -0.05) is 42.5 Å². The first-order chi connectivity index (χ1) is 8.38. The molecule has 0 saturated carbocycles. The van der Waals surface area contributed by atoms with Gasteiger partial charge in [0.2, 0.25) is 0 Å². The highest BCUT2D eigenvalue weighted by Gasteiger charge is 2.14. The second-order valence-corrected chi connectivity index (χ2v) is 4.88. The van der Waals surface area contributed by atoms with Crippen LogP contribution in [-0.4, -0.2) is 21.5 Å². The van der Waals surface area contributed by atoms with Gasteiger partial charge in [-0.25, -0.2) is 0 Å². The first-order valence-corrected chi connectivity index (χ1v) is 6.21. The van der Waals surface area contributed by atoms with Crippen molar-refractivity contribution in [1.82, 2.24) is 0 Å². The van der Waals surface area contributed by atoms with Crippen molar-refractivity contribution in [1.29, 1.82) is 0 Å². The summed E-state index contributed by atoms with van der Waals surface area (Å²) in [6.45, 7) is 7.89. The van der Waals surface area contributed by atoms with E-state index >= 15 is 0 Å². The molecule has 90 valence electrons. The highest BCUT2D eigenvalue weighted by molar-refractivity contribution is 6.40. The van der Waals surface area contributed by atoms with Gasteiger partial charge in [-0.15, -0.1) is 0 Å². The molecule has 0 spiro atoms. The van der Waals surface area contributed by atoms with Crippen LogP contribution in [0.1, 0.15) is 43.4 Å². The Kier molecular flexibility index (Phi) is 5.01. The first kappa shape index (κ1) is 14.8. The van der Waals surface area contributed by atoms with Crippen LogP contribution >= 0.6 is 0 Å². The van der Waals surface area contributed by atoms with Gasteiger partial charge in [0.1, 0.15) is 15.7 Å². The van der Waals surface area contributed by atoms with Gasteiger partial charge in [-0.3, -0.25) is 4.79 Å². The largest absolute Gasteiger partial charge is 0.294 e. The maximum atomic E-state index is 11.7. The minimum atomic E-state index is 0.0713. The molecule has 0 atom stereocenters. The van der Waals surface area contributed by atoms with Gasteiger partial charge < -0.3 is 0 Å². The third kappa shape index (κ3) is 3.16. The molecule has 1 aromatic carbocycles. The van der Waals surface area contributed by atoms with E-state index in [1.807, 2.05) is 19.9 Å². The summed E-state index contributed by atoms with van der Waals surface area (Å²) in [5.41, 5.74) is 4.25. The predicted molar refractivity (Wildman–Crippen MR) is 79.6 cm³/mol. The molecule has 0 fully saturated rings. The van der Waals surface area contributed by atoms with E-state index in [1.54, 1.807) is 12.2 Å². The van der Waals surface area contributed by atoms with Crippen molar-refractivity contribution in [2.75, 3.05) is 0 Å². The molecule has 0 aliphatic carbocycles. The molecule has 0 amide bonds. The van der Waals surface area contributed by atoms with Gasteiger partial charge in [-0.2, -0.15) is 0 Å². The summed E-state index contributed by atoms with van der Waals surface area (Å²) in [6.07, 6.45) is 3.68. The molecule has 18 heavy (non-hydrogen) atoms. The van der Waals surface area contributed by atoms with Crippen LogP contribution in [0.4, 0.5) is 0 Å². The molecule has 1 aromatic rings. The van der Waals surface area contributed by atoms with Crippen molar-refractivity contribution in [3.05, 3.63) is 34.9 Å². The number of carbonyl (C=O) groups is 1. The number of carbonyl (C=O) groups excluding carboxylic acids is 1. The van der Waals surface area contributed by atoms with Crippen LogP contribution in [-0.2, 0) is 11.2 Å². The second kappa shape index (κ2) is 6.08. The van der Waals surface area contributed by atoms with E-state index in [1.165, 1.54) is 0 Å². The summed E-state index contributed by atoms with van der Waals surface area (Å²) >= 11 is 0. The molecular weight excluding hydrogens is 218 g/mol. The summed E-state index contributed by atoms with van der Waals surface area (Å²) in [5.74, 6) is 0.347. The third-order valence-corrected chi connectivity index (χ3v) is 3.10. The molecule has 0 unspecified atom stereocenters. The first-order valence-electron chi connectivity index (χ1n) is 6.21. The Morgan fingerprint density at radius 1 is 1.39 bits per heavy atom. The quantitative estimate of drug-likeness (QED) is 0.570. The Morgan fingerprint density at radius 2 is 2.00 bits per heavy atom. The molecule has 4 radical (unpaired) electrons. The van der Waals surface area contributed by atoms with E-state index in [2.05, 4.69) is 13.8 Å². The molecule has 3 heteroatoms. The molecule has 0 heterocycles. The van der Waals surface area contributed by atoms with Crippen molar-refractivity contribution in [3.8, 4) is 0 Å². The van der Waals surface area contributed by atoms with Crippen molar-refractivity contribution in [3.63, 3.8) is 0 Å². The number of allylic oxidation sites excluding steroid dienone is 2. The van der Waals surface area contributed by atoms with E-state index in [9.17, 15) is 4.79 Å². The Bertz CT molecular complexity index is 488. The van der Waals surface area contributed by atoms with Crippen molar-refractivity contribution < 1.29 is 4.79 Å². The minimum absolute atomic E-state index is 0.0713. The van der Waals surface area contributed by atoms with Crippen molar-refractivity contribution in [2.24, 2.45) is 0 Å². The monoisotopic (exact) mass is 236 g/mol. The zero-order valence-electron chi connectivity index (χ0n) is 11.6. The molecule has 0 aliphatic heterocycles. The lowest BCUT2D eigenvalue weighted by Gasteiger charge is -2.20. The summed E-state index contributed by atoms with van der Waals surface area (Å²) in [6, 6.07) is 1.88. The van der Waals surface area contributed by atoms with Gasteiger partial charge in [0, 0.05) is 6.42 Å². The third-order valence-electron chi connectivity index (χ3n) is 3.10. The van der Waals surface area contributed by atoms with Crippen LogP contribution in [0.15, 0.2) is 18.2 Å².